The molecule has 0 aliphatic heterocycles. The number of imidazole rings is 1. The first-order valence-electron chi connectivity index (χ1n) is 6.57. The molecule has 0 saturated heterocycles. The predicted octanol–water partition coefficient (Wildman–Crippen LogP) is 4.79. The van der Waals surface area contributed by atoms with Crippen LogP contribution in [0.25, 0.3) is 11.0 Å². The zero-order valence-electron chi connectivity index (χ0n) is 11.7. The van der Waals surface area contributed by atoms with Gasteiger partial charge in [0.15, 0.2) is 5.16 Å². The van der Waals surface area contributed by atoms with E-state index in [4.69, 9.17) is 0 Å². The van der Waals surface area contributed by atoms with Crippen LogP contribution in [0, 0.1) is 6.92 Å². The van der Waals surface area contributed by atoms with Crippen LogP contribution in [0.5, 0.6) is 0 Å². The van der Waals surface area contributed by atoms with Gasteiger partial charge < -0.3 is 4.98 Å². The van der Waals surface area contributed by atoms with Gasteiger partial charge in [-0.15, -0.1) is 0 Å². The highest BCUT2D eigenvalue weighted by atomic mass is 32.2. The van der Waals surface area contributed by atoms with E-state index in [2.05, 4.69) is 28.5 Å². The molecule has 0 radical (unpaired) electrons. The second-order valence-corrected chi connectivity index (χ2v) is 6.49. The number of nitrogens with zero attached hydrogens (tertiary/aromatic N) is 2. The Balaban J connectivity index is 1.78. The SMILES string of the molecule is C=CSc1ccnc(CSc2nc3ccccc3[nH]2)c1C. The van der Waals surface area contributed by atoms with Gasteiger partial charge in [-0.1, -0.05) is 42.2 Å². The smallest absolute Gasteiger partial charge is 0.166 e. The molecule has 2 heterocycles. The second-order valence-electron chi connectivity index (χ2n) is 4.51. The normalized spacial score (nSPS) is 10.9. The van der Waals surface area contributed by atoms with E-state index in [-0.39, 0.29) is 0 Å². The van der Waals surface area contributed by atoms with Crippen LogP contribution in [0.3, 0.4) is 0 Å². The van der Waals surface area contributed by atoms with Crippen molar-refractivity contribution < 1.29 is 0 Å². The summed E-state index contributed by atoms with van der Waals surface area (Å²) in [6.07, 6.45) is 1.85. The lowest BCUT2D eigenvalue weighted by Crippen LogP contribution is -1.93. The summed E-state index contributed by atoms with van der Waals surface area (Å²) >= 11 is 3.31. The van der Waals surface area contributed by atoms with Crippen LogP contribution in [0.15, 0.2) is 58.6 Å². The van der Waals surface area contributed by atoms with Gasteiger partial charge >= 0.3 is 0 Å². The molecule has 2 aromatic heterocycles. The van der Waals surface area contributed by atoms with Gasteiger partial charge in [0, 0.05) is 16.8 Å². The number of nitrogens with one attached hydrogen (secondary N) is 1. The molecule has 0 amide bonds. The monoisotopic (exact) mass is 313 g/mol. The molecular weight excluding hydrogens is 298 g/mol. The fraction of sp³-hybridized carbons (Fsp3) is 0.125. The second kappa shape index (κ2) is 6.37. The van der Waals surface area contributed by atoms with E-state index in [1.807, 2.05) is 41.9 Å². The van der Waals surface area contributed by atoms with Crippen molar-refractivity contribution >= 4 is 34.6 Å². The maximum absolute atomic E-state index is 4.57. The van der Waals surface area contributed by atoms with Gasteiger partial charge in [-0.05, 0) is 36.1 Å². The molecule has 0 atom stereocenters. The number of H-pyrrole nitrogens is 1. The molecule has 0 spiro atoms. The van der Waals surface area contributed by atoms with Gasteiger partial charge in [0.2, 0.25) is 0 Å². The minimum absolute atomic E-state index is 0.803. The predicted molar refractivity (Wildman–Crippen MR) is 90.7 cm³/mol. The Morgan fingerprint density at radius 1 is 1.29 bits per heavy atom. The quantitative estimate of drug-likeness (QED) is 0.687. The van der Waals surface area contributed by atoms with Gasteiger partial charge in [0.05, 0.1) is 16.7 Å². The summed E-state index contributed by atoms with van der Waals surface area (Å²) in [4.78, 5) is 13.6. The topological polar surface area (TPSA) is 41.6 Å². The number of rotatable bonds is 5. The molecule has 3 nitrogen and oxygen atoms in total. The van der Waals surface area contributed by atoms with Crippen molar-refractivity contribution in [1.82, 2.24) is 15.0 Å². The van der Waals surface area contributed by atoms with Crippen molar-refractivity contribution in [2.75, 3.05) is 0 Å². The molecule has 106 valence electrons. The fourth-order valence-electron chi connectivity index (χ4n) is 2.06. The molecule has 0 unspecified atom stereocenters. The summed E-state index contributed by atoms with van der Waals surface area (Å²) in [6, 6.07) is 10.1. The van der Waals surface area contributed by atoms with Crippen LogP contribution in [0.1, 0.15) is 11.3 Å². The van der Waals surface area contributed by atoms with Crippen molar-refractivity contribution in [2.24, 2.45) is 0 Å². The molecule has 21 heavy (non-hydrogen) atoms. The van der Waals surface area contributed by atoms with Crippen LogP contribution >= 0.6 is 23.5 Å². The van der Waals surface area contributed by atoms with Crippen LogP contribution in [-0.4, -0.2) is 15.0 Å². The van der Waals surface area contributed by atoms with E-state index in [1.54, 1.807) is 23.5 Å². The number of hydrogen-bond donors (Lipinski definition) is 1. The summed E-state index contributed by atoms with van der Waals surface area (Å²) < 4.78 is 0. The van der Waals surface area contributed by atoms with Crippen molar-refractivity contribution in [3.8, 4) is 0 Å². The molecule has 1 N–H and O–H groups in total. The molecule has 0 aliphatic carbocycles. The average molecular weight is 313 g/mol. The highest BCUT2D eigenvalue weighted by molar-refractivity contribution is 8.02. The standard InChI is InChI=1S/C16H15N3S2/c1-3-20-15-8-9-17-14(11(15)2)10-21-16-18-12-6-4-5-7-13(12)19-16/h3-9H,1,10H2,2H3,(H,18,19). The Morgan fingerprint density at radius 3 is 2.95 bits per heavy atom. The number of thioether (sulfide) groups is 2. The van der Waals surface area contributed by atoms with Gasteiger partial charge in [0.25, 0.3) is 0 Å². The first-order chi connectivity index (χ1) is 10.3. The van der Waals surface area contributed by atoms with E-state index in [0.717, 1.165) is 27.6 Å². The summed E-state index contributed by atoms with van der Waals surface area (Å²) in [5.74, 6) is 0.803. The van der Waals surface area contributed by atoms with Gasteiger partial charge in [-0.2, -0.15) is 0 Å². The number of aromatic nitrogens is 3. The van der Waals surface area contributed by atoms with Crippen molar-refractivity contribution in [2.45, 2.75) is 22.7 Å². The largest absolute Gasteiger partial charge is 0.333 e. The Labute approximate surface area is 132 Å². The van der Waals surface area contributed by atoms with E-state index in [1.165, 1.54) is 10.5 Å². The molecule has 0 bridgehead atoms. The lowest BCUT2D eigenvalue weighted by Gasteiger charge is -2.07. The van der Waals surface area contributed by atoms with Gasteiger partial charge in [-0.25, -0.2) is 4.98 Å². The van der Waals surface area contributed by atoms with Gasteiger partial charge in [-0.3, -0.25) is 4.98 Å². The molecule has 1 aromatic carbocycles. The van der Waals surface area contributed by atoms with Crippen LogP contribution in [-0.2, 0) is 5.75 Å². The van der Waals surface area contributed by atoms with Gasteiger partial charge in [0.1, 0.15) is 0 Å². The zero-order valence-corrected chi connectivity index (χ0v) is 13.3. The first kappa shape index (κ1) is 14.2. The minimum atomic E-state index is 0.803. The Kier molecular flexibility index (Phi) is 4.31. The third-order valence-electron chi connectivity index (χ3n) is 3.18. The lowest BCUT2D eigenvalue weighted by atomic mass is 10.2. The summed E-state index contributed by atoms with van der Waals surface area (Å²) in [5, 5.41) is 2.78. The lowest BCUT2D eigenvalue weighted by molar-refractivity contribution is 1.05. The Hall–Kier alpha value is -1.72. The molecule has 0 aliphatic rings. The van der Waals surface area contributed by atoms with Crippen LogP contribution < -0.4 is 0 Å². The first-order valence-corrected chi connectivity index (χ1v) is 8.44. The minimum Gasteiger partial charge on any atom is -0.333 e. The highest BCUT2D eigenvalue weighted by Crippen LogP contribution is 2.28. The number of hydrogen-bond acceptors (Lipinski definition) is 4. The van der Waals surface area contributed by atoms with Crippen LogP contribution in [0.2, 0.25) is 0 Å². The maximum atomic E-state index is 4.57. The molecular formula is C16H15N3S2. The van der Waals surface area contributed by atoms with E-state index < -0.39 is 0 Å². The number of aromatic amines is 1. The Morgan fingerprint density at radius 2 is 2.14 bits per heavy atom. The van der Waals surface area contributed by atoms with E-state index in [9.17, 15) is 0 Å². The Bertz CT molecular complexity index is 747. The number of fused-ring (bicyclic) bond motifs is 1. The fourth-order valence-corrected chi connectivity index (χ4v) is 3.58. The number of pyridine rings is 1. The van der Waals surface area contributed by atoms with Crippen molar-refractivity contribution in [3.05, 3.63) is 59.8 Å². The molecule has 3 rings (SSSR count). The van der Waals surface area contributed by atoms with Crippen molar-refractivity contribution in [3.63, 3.8) is 0 Å². The molecule has 0 saturated carbocycles. The van der Waals surface area contributed by atoms with Crippen molar-refractivity contribution in [1.29, 1.82) is 0 Å². The zero-order chi connectivity index (χ0) is 14.7. The summed E-state index contributed by atoms with van der Waals surface area (Å²) in [7, 11) is 0. The molecule has 5 heteroatoms. The maximum Gasteiger partial charge on any atom is 0.166 e. The summed E-state index contributed by atoms with van der Waals surface area (Å²) in [5.41, 5.74) is 4.37. The van der Waals surface area contributed by atoms with Crippen LogP contribution in [0.4, 0.5) is 0 Å². The van der Waals surface area contributed by atoms with E-state index >= 15 is 0 Å². The molecule has 3 aromatic rings. The third kappa shape index (κ3) is 3.14. The highest BCUT2D eigenvalue weighted by Gasteiger charge is 2.08. The molecule has 0 fully saturated rings. The third-order valence-corrected chi connectivity index (χ3v) is 4.93. The number of benzene rings is 1. The summed E-state index contributed by atoms with van der Waals surface area (Å²) in [6.45, 7) is 5.87. The average Bonchev–Trinajstić information content (AvgIpc) is 2.91. The van der Waals surface area contributed by atoms with E-state index in [0.29, 0.717) is 0 Å². The number of para-hydroxylation sites is 2.